The van der Waals surface area contributed by atoms with Gasteiger partial charge >= 0.3 is 0 Å². The average Bonchev–Trinajstić information content (AvgIpc) is 3.24. The van der Waals surface area contributed by atoms with Gasteiger partial charge in [0.15, 0.2) is 0 Å². The Morgan fingerprint density at radius 1 is 1.26 bits per heavy atom. The lowest BCUT2D eigenvalue weighted by Gasteiger charge is -2.10. The van der Waals surface area contributed by atoms with E-state index in [1.165, 1.54) is 11.3 Å². The number of hydrogen-bond acceptors (Lipinski definition) is 5. The van der Waals surface area contributed by atoms with Gasteiger partial charge in [-0.1, -0.05) is 30.3 Å². The second kappa shape index (κ2) is 7.03. The van der Waals surface area contributed by atoms with E-state index in [9.17, 15) is 5.26 Å². The van der Waals surface area contributed by atoms with Gasteiger partial charge in [0.05, 0.1) is 12.3 Å². The number of nitrogens with zero attached hydrogens (tertiary/aromatic N) is 3. The Morgan fingerprint density at radius 2 is 2.09 bits per heavy atom. The summed E-state index contributed by atoms with van der Waals surface area (Å²) in [5.74, 6) is 0.300. The van der Waals surface area contributed by atoms with Crippen molar-refractivity contribution in [2.24, 2.45) is 4.99 Å². The lowest BCUT2D eigenvalue weighted by atomic mass is 10.1. The largest absolute Gasteiger partial charge is 0.467 e. The van der Waals surface area contributed by atoms with E-state index < -0.39 is 5.92 Å². The Labute approximate surface area is 138 Å². The lowest BCUT2D eigenvalue weighted by molar-refractivity contribution is 0.491. The molecule has 0 aliphatic heterocycles. The van der Waals surface area contributed by atoms with Gasteiger partial charge in [0, 0.05) is 17.3 Å². The topological polar surface area (TPSA) is 62.2 Å². The molecule has 0 radical (unpaired) electrons. The smallest absolute Gasteiger partial charge is 0.133 e. The van der Waals surface area contributed by atoms with Gasteiger partial charge < -0.3 is 4.42 Å². The molecule has 0 aliphatic rings. The Morgan fingerprint density at radius 3 is 2.70 bits per heavy atom. The van der Waals surface area contributed by atoms with Crippen LogP contribution in [0.15, 0.2) is 63.5 Å². The predicted octanol–water partition coefficient (Wildman–Crippen LogP) is 4.51. The fourth-order valence-corrected chi connectivity index (χ4v) is 3.05. The summed E-state index contributed by atoms with van der Waals surface area (Å²) in [7, 11) is 0. The summed E-state index contributed by atoms with van der Waals surface area (Å²) in [6, 6.07) is 15.6. The molecule has 2 aromatic heterocycles. The second-order valence-electron chi connectivity index (χ2n) is 5.06. The second-order valence-corrected chi connectivity index (χ2v) is 5.95. The number of nitriles is 1. The summed E-state index contributed by atoms with van der Waals surface area (Å²) < 4.78 is 5.52. The standard InChI is InChI=1S/C18H15N3OS/c1-13-12-23-18(21-13)15(10-19)11-20-17(16-8-5-9-22-16)14-6-3-2-4-7-14/h2-9,11-12,15,17H,1H3/t15-,17+/m1/s1. The molecule has 5 heteroatoms. The SMILES string of the molecule is Cc1csc([C@H](C#N)C=N[C@@H](c2ccccc2)c2ccco2)n1. The molecule has 3 rings (SSSR count). The van der Waals surface area contributed by atoms with Crippen LogP contribution in [-0.2, 0) is 0 Å². The van der Waals surface area contributed by atoms with Crippen molar-refractivity contribution >= 4 is 17.6 Å². The van der Waals surface area contributed by atoms with Gasteiger partial charge in [0.25, 0.3) is 0 Å². The van der Waals surface area contributed by atoms with Crippen molar-refractivity contribution in [3.8, 4) is 6.07 Å². The molecule has 114 valence electrons. The van der Waals surface area contributed by atoms with Crippen molar-refractivity contribution in [2.45, 2.75) is 18.9 Å². The van der Waals surface area contributed by atoms with Crippen LogP contribution in [0.2, 0.25) is 0 Å². The Balaban J connectivity index is 1.91. The molecular weight excluding hydrogens is 306 g/mol. The first-order valence-corrected chi connectivity index (χ1v) is 8.09. The van der Waals surface area contributed by atoms with E-state index in [1.807, 2.05) is 54.8 Å². The number of aromatic nitrogens is 1. The number of thiazole rings is 1. The fourth-order valence-electron chi connectivity index (χ4n) is 2.25. The third kappa shape index (κ3) is 3.55. The van der Waals surface area contributed by atoms with Crippen molar-refractivity contribution in [2.75, 3.05) is 0 Å². The average molecular weight is 321 g/mol. The van der Waals surface area contributed by atoms with Gasteiger partial charge in [-0.3, -0.25) is 4.99 Å². The van der Waals surface area contributed by atoms with Gasteiger partial charge in [0.1, 0.15) is 22.7 Å². The summed E-state index contributed by atoms with van der Waals surface area (Å²) in [5.41, 5.74) is 1.94. The first-order chi connectivity index (χ1) is 11.3. The van der Waals surface area contributed by atoms with E-state index in [0.29, 0.717) is 0 Å². The highest BCUT2D eigenvalue weighted by atomic mass is 32.1. The first kappa shape index (κ1) is 15.2. The first-order valence-electron chi connectivity index (χ1n) is 7.21. The van der Waals surface area contributed by atoms with E-state index in [1.54, 1.807) is 12.5 Å². The lowest BCUT2D eigenvalue weighted by Crippen LogP contribution is -2.02. The zero-order valence-electron chi connectivity index (χ0n) is 12.6. The van der Waals surface area contributed by atoms with Crippen molar-refractivity contribution in [3.63, 3.8) is 0 Å². The maximum Gasteiger partial charge on any atom is 0.133 e. The minimum absolute atomic E-state index is 0.261. The molecule has 23 heavy (non-hydrogen) atoms. The Hall–Kier alpha value is -2.71. The van der Waals surface area contributed by atoms with Crippen molar-refractivity contribution in [1.82, 2.24) is 4.98 Å². The van der Waals surface area contributed by atoms with Crippen molar-refractivity contribution in [3.05, 3.63) is 76.1 Å². The number of benzene rings is 1. The van der Waals surface area contributed by atoms with Crippen LogP contribution in [0.4, 0.5) is 0 Å². The van der Waals surface area contributed by atoms with E-state index in [2.05, 4.69) is 16.0 Å². The van der Waals surface area contributed by atoms with Gasteiger partial charge in [-0.2, -0.15) is 5.26 Å². The molecule has 0 saturated heterocycles. The number of aliphatic imine (C=N–C) groups is 1. The quantitative estimate of drug-likeness (QED) is 0.649. The van der Waals surface area contributed by atoms with Crippen LogP contribution in [0.1, 0.15) is 34.0 Å². The normalized spacial score (nSPS) is 13.7. The summed E-state index contributed by atoms with van der Waals surface area (Å²) in [4.78, 5) is 9.00. The van der Waals surface area contributed by atoms with Crippen molar-refractivity contribution < 1.29 is 4.42 Å². The van der Waals surface area contributed by atoms with Gasteiger partial charge in [-0.25, -0.2) is 4.98 Å². The molecule has 0 saturated carbocycles. The summed E-state index contributed by atoms with van der Waals surface area (Å²) in [6.07, 6.45) is 3.30. The monoisotopic (exact) mass is 321 g/mol. The fraction of sp³-hybridized carbons (Fsp3) is 0.167. The minimum atomic E-state index is -0.449. The molecule has 4 nitrogen and oxygen atoms in total. The van der Waals surface area contributed by atoms with E-state index in [-0.39, 0.29) is 6.04 Å². The predicted molar refractivity (Wildman–Crippen MR) is 90.7 cm³/mol. The molecule has 3 aromatic rings. The van der Waals surface area contributed by atoms with Crippen LogP contribution in [-0.4, -0.2) is 11.2 Å². The van der Waals surface area contributed by atoms with Crippen LogP contribution in [0.5, 0.6) is 0 Å². The molecule has 0 aliphatic carbocycles. The molecule has 0 spiro atoms. The summed E-state index contributed by atoms with van der Waals surface area (Å²) in [5, 5.41) is 12.1. The van der Waals surface area contributed by atoms with Crippen LogP contribution in [0, 0.1) is 18.3 Å². The van der Waals surface area contributed by atoms with Gasteiger partial charge in [-0.05, 0) is 24.6 Å². The Bertz CT molecular complexity index is 816. The highest BCUT2D eigenvalue weighted by Crippen LogP contribution is 2.27. The Kier molecular flexibility index (Phi) is 4.65. The minimum Gasteiger partial charge on any atom is -0.467 e. The molecule has 1 aromatic carbocycles. The van der Waals surface area contributed by atoms with E-state index >= 15 is 0 Å². The van der Waals surface area contributed by atoms with Crippen LogP contribution in [0.3, 0.4) is 0 Å². The summed E-state index contributed by atoms with van der Waals surface area (Å²) >= 11 is 1.48. The van der Waals surface area contributed by atoms with Gasteiger partial charge in [-0.15, -0.1) is 11.3 Å². The zero-order valence-corrected chi connectivity index (χ0v) is 13.4. The molecule has 0 fully saturated rings. The van der Waals surface area contributed by atoms with Crippen LogP contribution in [0.25, 0.3) is 0 Å². The third-order valence-corrected chi connectivity index (χ3v) is 4.40. The molecule has 0 amide bonds. The van der Waals surface area contributed by atoms with E-state index in [0.717, 1.165) is 22.0 Å². The molecule has 0 N–H and O–H groups in total. The zero-order chi connectivity index (χ0) is 16.1. The van der Waals surface area contributed by atoms with Crippen LogP contribution < -0.4 is 0 Å². The van der Waals surface area contributed by atoms with Crippen molar-refractivity contribution in [1.29, 1.82) is 5.26 Å². The van der Waals surface area contributed by atoms with Crippen LogP contribution >= 0.6 is 11.3 Å². The highest BCUT2D eigenvalue weighted by molar-refractivity contribution is 7.09. The molecule has 0 unspecified atom stereocenters. The number of rotatable bonds is 5. The molecule has 2 heterocycles. The maximum atomic E-state index is 9.40. The molecular formula is C18H15N3OS. The third-order valence-electron chi connectivity index (χ3n) is 3.35. The number of hydrogen-bond donors (Lipinski definition) is 0. The molecule has 2 atom stereocenters. The molecule has 0 bridgehead atoms. The highest BCUT2D eigenvalue weighted by Gasteiger charge is 2.17. The van der Waals surface area contributed by atoms with Gasteiger partial charge in [0.2, 0.25) is 0 Å². The number of aryl methyl sites for hydroxylation is 1. The maximum absolute atomic E-state index is 9.40. The number of furan rings is 1. The summed E-state index contributed by atoms with van der Waals surface area (Å²) in [6.45, 7) is 1.92. The van der Waals surface area contributed by atoms with E-state index in [4.69, 9.17) is 4.42 Å².